The first kappa shape index (κ1) is 17.5. The predicted molar refractivity (Wildman–Crippen MR) is 103 cm³/mol. The van der Waals surface area contributed by atoms with Crippen molar-refractivity contribution in [1.82, 2.24) is 9.55 Å². The quantitative estimate of drug-likeness (QED) is 0.748. The summed E-state index contributed by atoms with van der Waals surface area (Å²) in [5, 5.41) is 2.86. The SMILES string of the molecule is CCn1c(NC(=O)c2oc3c(c2C)C(=O)CC(C)(C)C3)nc2ccccc21. The van der Waals surface area contributed by atoms with Gasteiger partial charge < -0.3 is 8.98 Å². The molecule has 1 aliphatic carbocycles. The molecule has 27 heavy (non-hydrogen) atoms. The van der Waals surface area contributed by atoms with E-state index in [1.807, 2.05) is 49.6 Å². The van der Waals surface area contributed by atoms with E-state index in [0.717, 1.165) is 11.0 Å². The smallest absolute Gasteiger partial charge is 0.293 e. The zero-order valence-electron chi connectivity index (χ0n) is 16.0. The molecule has 0 saturated heterocycles. The normalized spacial score (nSPS) is 15.8. The molecule has 1 aromatic carbocycles. The molecule has 0 saturated carbocycles. The van der Waals surface area contributed by atoms with Crippen molar-refractivity contribution < 1.29 is 14.0 Å². The van der Waals surface area contributed by atoms with E-state index in [2.05, 4.69) is 10.3 Å². The van der Waals surface area contributed by atoms with E-state index in [9.17, 15) is 9.59 Å². The Hall–Kier alpha value is -2.89. The van der Waals surface area contributed by atoms with Crippen molar-refractivity contribution in [2.24, 2.45) is 5.41 Å². The zero-order valence-corrected chi connectivity index (χ0v) is 16.0. The summed E-state index contributed by atoms with van der Waals surface area (Å²) in [7, 11) is 0. The van der Waals surface area contributed by atoms with Gasteiger partial charge in [-0.15, -0.1) is 0 Å². The van der Waals surface area contributed by atoms with Gasteiger partial charge in [0.05, 0.1) is 16.6 Å². The second kappa shape index (κ2) is 6.08. The number of para-hydroxylation sites is 2. The number of imidazole rings is 1. The monoisotopic (exact) mass is 365 g/mol. The maximum atomic E-state index is 12.9. The van der Waals surface area contributed by atoms with Crippen LogP contribution in [0.5, 0.6) is 0 Å². The average molecular weight is 365 g/mol. The van der Waals surface area contributed by atoms with Crippen LogP contribution in [0.25, 0.3) is 11.0 Å². The Morgan fingerprint density at radius 1 is 1.30 bits per heavy atom. The lowest BCUT2D eigenvalue weighted by atomic mass is 9.76. The lowest BCUT2D eigenvalue weighted by Crippen LogP contribution is -2.26. The number of rotatable bonds is 3. The number of furan rings is 1. The number of aromatic nitrogens is 2. The number of benzene rings is 1. The largest absolute Gasteiger partial charge is 0.455 e. The number of fused-ring (bicyclic) bond motifs is 2. The highest BCUT2D eigenvalue weighted by Crippen LogP contribution is 2.38. The van der Waals surface area contributed by atoms with Gasteiger partial charge in [0.25, 0.3) is 5.91 Å². The molecule has 0 atom stereocenters. The van der Waals surface area contributed by atoms with E-state index in [-0.39, 0.29) is 22.9 Å². The van der Waals surface area contributed by atoms with Crippen LogP contribution in [0, 0.1) is 12.3 Å². The Bertz CT molecular complexity index is 1070. The summed E-state index contributed by atoms with van der Waals surface area (Å²) in [5.74, 6) is 0.952. The third-order valence-corrected chi connectivity index (χ3v) is 5.18. The highest BCUT2D eigenvalue weighted by Gasteiger charge is 2.37. The van der Waals surface area contributed by atoms with Crippen LogP contribution < -0.4 is 5.32 Å². The maximum absolute atomic E-state index is 12.9. The van der Waals surface area contributed by atoms with Gasteiger partial charge in [-0.3, -0.25) is 14.9 Å². The van der Waals surface area contributed by atoms with E-state index in [4.69, 9.17) is 4.42 Å². The van der Waals surface area contributed by atoms with Crippen LogP contribution >= 0.6 is 0 Å². The molecular formula is C21H23N3O3. The number of hydrogen-bond donors (Lipinski definition) is 1. The summed E-state index contributed by atoms with van der Waals surface area (Å²) >= 11 is 0. The van der Waals surface area contributed by atoms with E-state index >= 15 is 0 Å². The van der Waals surface area contributed by atoms with Crippen LogP contribution in [0.3, 0.4) is 0 Å². The number of nitrogens with one attached hydrogen (secondary N) is 1. The first-order valence-electron chi connectivity index (χ1n) is 9.23. The summed E-state index contributed by atoms with van der Waals surface area (Å²) in [5.41, 5.74) is 2.81. The van der Waals surface area contributed by atoms with Gasteiger partial charge in [0.15, 0.2) is 11.5 Å². The lowest BCUT2D eigenvalue weighted by molar-refractivity contribution is 0.0898. The van der Waals surface area contributed by atoms with Crippen LogP contribution in [-0.4, -0.2) is 21.2 Å². The Morgan fingerprint density at radius 2 is 2.04 bits per heavy atom. The fourth-order valence-corrected chi connectivity index (χ4v) is 3.95. The van der Waals surface area contributed by atoms with Crippen molar-refractivity contribution in [2.75, 3.05) is 5.32 Å². The fraction of sp³-hybridized carbons (Fsp3) is 0.381. The summed E-state index contributed by atoms with van der Waals surface area (Å²) in [6.07, 6.45) is 1.11. The van der Waals surface area contributed by atoms with Crippen LogP contribution in [0.15, 0.2) is 28.7 Å². The molecule has 0 bridgehead atoms. The van der Waals surface area contributed by atoms with Crippen molar-refractivity contribution in [3.63, 3.8) is 0 Å². The highest BCUT2D eigenvalue weighted by atomic mass is 16.4. The summed E-state index contributed by atoms with van der Waals surface area (Å²) in [4.78, 5) is 29.9. The second-order valence-electron chi connectivity index (χ2n) is 7.92. The molecule has 6 heteroatoms. The molecule has 0 fully saturated rings. The number of aryl methyl sites for hydroxylation is 1. The van der Waals surface area contributed by atoms with Crippen LogP contribution in [0.1, 0.15) is 59.4 Å². The minimum absolute atomic E-state index is 0.0438. The first-order valence-corrected chi connectivity index (χ1v) is 9.23. The molecule has 2 heterocycles. The molecule has 140 valence electrons. The topological polar surface area (TPSA) is 77.1 Å². The number of Topliss-reactive ketones (excluding diaryl/α,β-unsaturated/α-hetero) is 1. The van der Waals surface area contributed by atoms with Gasteiger partial charge in [-0.05, 0) is 31.4 Å². The minimum atomic E-state index is -0.377. The first-order chi connectivity index (χ1) is 12.8. The number of ketones is 1. The van der Waals surface area contributed by atoms with E-state index in [1.54, 1.807) is 6.92 Å². The lowest BCUT2D eigenvalue weighted by Gasteiger charge is -2.27. The highest BCUT2D eigenvalue weighted by molar-refractivity contribution is 6.07. The molecule has 0 unspecified atom stereocenters. The standard InChI is InChI=1S/C21H23N3O3/c1-5-24-14-9-7-6-8-13(14)22-20(24)23-19(26)18-12(2)17-15(25)10-21(3,4)11-16(17)27-18/h6-9H,5,10-11H2,1-4H3,(H,22,23,26). The van der Waals surface area contributed by atoms with E-state index < -0.39 is 0 Å². The molecule has 1 aliphatic rings. The van der Waals surface area contributed by atoms with Gasteiger partial charge >= 0.3 is 0 Å². The molecule has 1 amide bonds. The van der Waals surface area contributed by atoms with Crippen LogP contribution in [0.4, 0.5) is 5.95 Å². The molecule has 4 rings (SSSR count). The molecule has 0 spiro atoms. The summed E-state index contributed by atoms with van der Waals surface area (Å²) < 4.78 is 7.80. The fourth-order valence-electron chi connectivity index (χ4n) is 3.95. The van der Waals surface area contributed by atoms with Gasteiger partial charge in [0.2, 0.25) is 5.95 Å². The number of carbonyl (C=O) groups is 2. The van der Waals surface area contributed by atoms with Gasteiger partial charge in [0.1, 0.15) is 5.76 Å². The molecule has 0 radical (unpaired) electrons. The van der Waals surface area contributed by atoms with Crippen molar-refractivity contribution in [3.8, 4) is 0 Å². The third-order valence-electron chi connectivity index (χ3n) is 5.18. The van der Waals surface area contributed by atoms with Gasteiger partial charge in [-0.1, -0.05) is 26.0 Å². The number of nitrogens with zero attached hydrogens (tertiary/aromatic N) is 2. The van der Waals surface area contributed by atoms with Crippen molar-refractivity contribution >= 4 is 28.7 Å². The van der Waals surface area contributed by atoms with E-state index in [1.165, 1.54) is 0 Å². The number of amides is 1. The average Bonchev–Trinajstić information content (AvgIpc) is 3.10. The van der Waals surface area contributed by atoms with Crippen LogP contribution in [0.2, 0.25) is 0 Å². The summed E-state index contributed by atoms with van der Waals surface area (Å²) in [6, 6.07) is 7.74. The molecule has 3 aromatic rings. The second-order valence-corrected chi connectivity index (χ2v) is 7.92. The Balaban J connectivity index is 1.70. The molecule has 0 aliphatic heterocycles. The summed E-state index contributed by atoms with van der Waals surface area (Å²) in [6.45, 7) is 8.53. The van der Waals surface area contributed by atoms with Gasteiger partial charge in [-0.2, -0.15) is 0 Å². The van der Waals surface area contributed by atoms with E-state index in [0.29, 0.717) is 42.2 Å². The zero-order chi connectivity index (χ0) is 19.3. The molecule has 6 nitrogen and oxygen atoms in total. The van der Waals surface area contributed by atoms with Gasteiger partial charge in [-0.25, -0.2) is 4.98 Å². The Morgan fingerprint density at radius 3 is 2.78 bits per heavy atom. The van der Waals surface area contributed by atoms with Gasteiger partial charge in [0, 0.05) is 24.9 Å². The molecule has 2 aromatic heterocycles. The third kappa shape index (κ3) is 2.85. The maximum Gasteiger partial charge on any atom is 0.293 e. The van der Waals surface area contributed by atoms with Crippen LogP contribution in [-0.2, 0) is 13.0 Å². The molecular weight excluding hydrogens is 342 g/mol. The Labute approximate surface area is 157 Å². The molecule has 1 N–H and O–H groups in total. The van der Waals surface area contributed by atoms with Crippen molar-refractivity contribution in [2.45, 2.75) is 47.1 Å². The Kier molecular flexibility index (Phi) is 3.94. The minimum Gasteiger partial charge on any atom is -0.455 e. The van der Waals surface area contributed by atoms with Crippen molar-refractivity contribution in [3.05, 3.63) is 46.9 Å². The van der Waals surface area contributed by atoms with Crippen molar-refractivity contribution in [1.29, 1.82) is 0 Å². The number of anilines is 1. The number of hydrogen-bond acceptors (Lipinski definition) is 4. The predicted octanol–water partition coefficient (Wildman–Crippen LogP) is 4.37. The number of carbonyl (C=O) groups excluding carboxylic acids is 2.